The first-order valence-electron chi connectivity index (χ1n) is 8.63. The average Bonchev–Trinajstić information content (AvgIpc) is 2.70. The number of nitrogens with one attached hydrogen (secondary N) is 1. The van der Waals surface area contributed by atoms with Crippen LogP contribution in [0.2, 0.25) is 0 Å². The molecule has 0 unspecified atom stereocenters. The molecule has 0 spiro atoms. The van der Waals surface area contributed by atoms with E-state index in [2.05, 4.69) is 10.1 Å². The van der Waals surface area contributed by atoms with E-state index in [1.807, 2.05) is 26.0 Å². The summed E-state index contributed by atoms with van der Waals surface area (Å²) in [6.45, 7) is 5.46. The summed E-state index contributed by atoms with van der Waals surface area (Å²) in [5.41, 5.74) is 2.42. The highest BCUT2D eigenvalue weighted by molar-refractivity contribution is 6.04. The van der Waals surface area contributed by atoms with Gasteiger partial charge in [-0.2, -0.15) is 0 Å². The minimum absolute atomic E-state index is 0.113. The summed E-state index contributed by atoms with van der Waals surface area (Å²) in [6, 6.07) is 9.75. The van der Waals surface area contributed by atoms with Gasteiger partial charge in [-0.3, -0.25) is 4.79 Å². The molecule has 28 heavy (non-hydrogen) atoms. The van der Waals surface area contributed by atoms with Crippen LogP contribution in [0.5, 0.6) is 5.75 Å². The van der Waals surface area contributed by atoms with Gasteiger partial charge in [0.2, 0.25) is 0 Å². The van der Waals surface area contributed by atoms with Crippen molar-refractivity contribution in [3.05, 3.63) is 58.7 Å². The summed E-state index contributed by atoms with van der Waals surface area (Å²) in [4.78, 5) is 36.4. The molecule has 0 bridgehead atoms. The Labute approximate surface area is 163 Å². The zero-order valence-electron chi connectivity index (χ0n) is 16.5. The van der Waals surface area contributed by atoms with Crippen molar-refractivity contribution in [3.8, 4) is 5.75 Å². The number of carbonyl (C=O) groups is 3. The maximum absolute atomic E-state index is 12.6. The molecule has 0 aliphatic rings. The highest BCUT2D eigenvalue weighted by Gasteiger charge is 2.21. The molecule has 1 N–H and O–H groups in total. The van der Waals surface area contributed by atoms with Gasteiger partial charge in [-0.25, -0.2) is 9.59 Å². The Kier molecular flexibility index (Phi) is 6.76. The number of amides is 1. The molecule has 7 heteroatoms. The van der Waals surface area contributed by atoms with Crippen LogP contribution in [0, 0.1) is 13.8 Å². The number of hydrogen-bond acceptors (Lipinski definition) is 6. The number of aryl methyl sites for hydroxylation is 1. The van der Waals surface area contributed by atoms with Crippen molar-refractivity contribution in [2.75, 3.05) is 19.5 Å². The quantitative estimate of drug-likeness (QED) is 0.768. The first-order valence-corrected chi connectivity index (χ1v) is 8.63. The van der Waals surface area contributed by atoms with E-state index in [1.165, 1.54) is 32.4 Å². The number of carbonyl (C=O) groups excluding carboxylic acids is 3. The summed E-state index contributed by atoms with van der Waals surface area (Å²) >= 11 is 0. The minimum Gasteiger partial charge on any atom is -0.481 e. The Balaban J connectivity index is 2.26. The molecule has 0 fully saturated rings. The van der Waals surface area contributed by atoms with Crippen LogP contribution < -0.4 is 10.1 Å². The second kappa shape index (κ2) is 9.03. The zero-order chi connectivity index (χ0) is 20.8. The Morgan fingerprint density at radius 2 is 1.64 bits per heavy atom. The first-order chi connectivity index (χ1) is 13.3. The largest absolute Gasteiger partial charge is 0.481 e. The lowest BCUT2D eigenvalue weighted by molar-refractivity contribution is -0.122. The third-order valence-electron chi connectivity index (χ3n) is 4.33. The zero-order valence-corrected chi connectivity index (χ0v) is 16.5. The fourth-order valence-corrected chi connectivity index (χ4v) is 2.51. The van der Waals surface area contributed by atoms with Crippen LogP contribution in [0.4, 0.5) is 5.69 Å². The molecule has 0 heterocycles. The lowest BCUT2D eigenvalue weighted by atomic mass is 10.1. The number of rotatable bonds is 6. The Hall–Kier alpha value is -3.35. The van der Waals surface area contributed by atoms with Gasteiger partial charge < -0.3 is 19.5 Å². The van der Waals surface area contributed by atoms with Gasteiger partial charge in [0.25, 0.3) is 5.91 Å². The standard InChI is InChI=1S/C21H23NO6/c1-12-7-6-8-18(13(12)2)28-14(3)19(23)22-17-11-15(20(24)26-4)9-10-16(17)21(25)27-5/h6-11,14H,1-5H3,(H,22,23)/t14-/m1/s1. The van der Waals surface area contributed by atoms with E-state index in [-0.39, 0.29) is 16.8 Å². The molecule has 2 aromatic rings. The molecule has 148 valence electrons. The van der Waals surface area contributed by atoms with Gasteiger partial charge in [0.05, 0.1) is 31.0 Å². The summed E-state index contributed by atoms with van der Waals surface area (Å²) < 4.78 is 15.2. The SMILES string of the molecule is COC(=O)c1ccc(C(=O)OC)c(NC(=O)[C@@H](C)Oc2cccc(C)c2C)c1. The van der Waals surface area contributed by atoms with Crippen molar-refractivity contribution in [1.29, 1.82) is 0 Å². The second-order valence-corrected chi connectivity index (χ2v) is 6.19. The molecule has 1 atom stereocenters. The summed E-state index contributed by atoms with van der Waals surface area (Å²) in [5.74, 6) is -1.12. The molecule has 0 aliphatic heterocycles. The molecular formula is C21H23NO6. The minimum atomic E-state index is -0.840. The van der Waals surface area contributed by atoms with Gasteiger partial charge in [-0.15, -0.1) is 0 Å². The Bertz CT molecular complexity index is 906. The van der Waals surface area contributed by atoms with Crippen LogP contribution >= 0.6 is 0 Å². The third-order valence-corrected chi connectivity index (χ3v) is 4.33. The normalized spacial score (nSPS) is 11.3. The second-order valence-electron chi connectivity index (χ2n) is 6.19. The van der Waals surface area contributed by atoms with E-state index in [0.717, 1.165) is 11.1 Å². The van der Waals surface area contributed by atoms with Crippen molar-refractivity contribution >= 4 is 23.5 Å². The molecule has 0 aromatic heterocycles. The molecule has 7 nitrogen and oxygen atoms in total. The van der Waals surface area contributed by atoms with E-state index in [4.69, 9.17) is 9.47 Å². The lowest BCUT2D eigenvalue weighted by Gasteiger charge is -2.18. The smallest absolute Gasteiger partial charge is 0.339 e. The predicted octanol–water partition coefficient (Wildman–Crippen LogP) is 3.28. The molecule has 0 radical (unpaired) electrons. The monoisotopic (exact) mass is 385 g/mol. The molecule has 1 amide bonds. The van der Waals surface area contributed by atoms with Crippen molar-refractivity contribution in [3.63, 3.8) is 0 Å². The highest BCUT2D eigenvalue weighted by atomic mass is 16.5. The van der Waals surface area contributed by atoms with Gasteiger partial charge in [0.15, 0.2) is 6.10 Å². The van der Waals surface area contributed by atoms with Crippen LogP contribution in [0.3, 0.4) is 0 Å². The first kappa shape index (κ1) is 21.0. The summed E-state index contributed by atoms with van der Waals surface area (Å²) in [6.07, 6.45) is -0.840. The highest BCUT2D eigenvalue weighted by Crippen LogP contribution is 2.23. The van der Waals surface area contributed by atoms with E-state index < -0.39 is 23.9 Å². The van der Waals surface area contributed by atoms with Crippen LogP contribution in [0.25, 0.3) is 0 Å². The van der Waals surface area contributed by atoms with Crippen LogP contribution in [-0.2, 0) is 14.3 Å². The number of anilines is 1. The fourth-order valence-electron chi connectivity index (χ4n) is 2.51. The fraction of sp³-hybridized carbons (Fsp3) is 0.286. The molecular weight excluding hydrogens is 362 g/mol. The Morgan fingerprint density at radius 3 is 2.29 bits per heavy atom. The topological polar surface area (TPSA) is 90.9 Å². The van der Waals surface area contributed by atoms with Crippen molar-refractivity contribution in [1.82, 2.24) is 0 Å². The van der Waals surface area contributed by atoms with Crippen LogP contribution in [0.15, 0.2) is 36.4 Å². The van der Waals surface area contributed by atoms with Crippen LogP contribution in [-0.4, -0.2) is 38.2 Å². The predicted molar refractivity (Wildman–Crippen MR) is 104 cm³/mol. The molecule has 0 aliphatic carbocycles. The van der Waals surface area contributed by atoms with Gasteiger partial charge in [0.1, 0.15) is 5.75 Å². The lowest BCUT2D eigenvalue weighted by Crippen LogP contribution is -2.31. The van der Waals surface area contributed by atoms with E-state index >= 15 is 0 Å². The molecule has 2 aromatic carbocycles. The van der Waals surface area contributed by atoms with E-state index in [0.29, 0.717) is 5.75 Å². The maximum atomic E-state index is 12.6. The molecule has 0 saturated heterocycles. The van der Waals surface area contributed by atoms with Crippen molar-refractivity contribution < 1.29 is 28.6 Å². The number of ether oxygens (including phenoxy) is 3. The van der Waals surface area contributed by atoms with Crippen LogP contribution in [0.1, 0.15) is 38.8 Å². The summed E-state index contributed by atoms with van der Waals surface area (Å²) in [7, 11) is 2.48. The molecule has 0 saturated carbocycles. The number of methoxy groups -OCH3 is 2. The molecule has 2 rings (SSSR count). The third kappa shape index (κ3) is 4.68. The van der Waals surface area contributed by atoms with Gasteiger partial charge in [0, 0.05) is 0 Å². The van der Waals surface area contributed by atoms with Crippen molar-refractivity contribution in [2.24, 2.45) is 0 Å². The average molecular weight is 385 g/mol. The summed E-state index contributed by atoms with van der Waals surface area (Å²) in [5, 5.41) is 2.63. The van der Waals surface area contributed by atoms with Gasteiger partial charge >= 0.3 is 11.9 Å². The van der Waals surface area contributed by atoms with Gasteiger partial charge in [-0.05, 0) is 56.2 Å². The number of esters is 2. The van der Waals surface area contributed by atoms with Crippen molar-refractivity contribution in [2.45, 2.75) is 26.9 Å². The Morgan fingerprint density at radius 1 is 0.964 bits per heavy atom. The van der Waals surface area contributed by atoms with E-state index in [9.17, 15) is 14.4 Å². The van der Waals surface area contributed by atoms with Gasteiger partial charge in [-0.1, -0.05) is 12.1 Å². The van der Waals surface area contributed by atoms with E-state index in [1.54, 1.807) is 13.0 Å². The number of benzene rings is 2. The maximum Gasteiger partial charge on any atom is 0.339 e. The number of hydrogen-bond donors (Lipinski definition) is 1.